The van der Waals surface area contributed by atoms with Gasteiger partial charge in [0.1, 0.15) is 0 Å². The molecule has 0 saturated heterocycles. The van der Waals surface area contributed by atoms with Crippen molar-refractivity contribution in [3.05, 3.63) is 46.3 Å². The van der Waals surface area contributed by atoms with Gasteiger partial charge in [0.05, 0.1) is 0 Å². The Bertz CT molecular complexity index is 507. The summed E-state index contributed by atoms with van der Waals surface area (Å²) in [4.78, 5) is 12.3. The number of hydrogen-bond acceptors (Lipinski definition) is 3. The first-order valence-electron chi connectivity index (χ1n) is 4.69. The quantitative estimate of drug-likeness (QED) is 0.699. The van der Waals surface area contributed by atoms with Gasteiger partial charge < -0.3 is 9.90 Å². The van der Waals surface area contributed by atoms with Crippen LogP contribution in [0.1, 0.15) is 4.88 Å². The smallest absolute Gasteiger partial charge is 0.550 e. The van der Waals surface area contributed by atoms with E-state index in [1.54, 1.807) is 0 Å². The number of benzene rings is 1. The van der Waals surface area contributed by atoms with Crippen LogP contribution in [0.2, 0.25) is 5.02 Å². The van der Waals surface area contributed by atoms with E-state index in [0.29, 0.717) is 5.02 Å². The van der Waals surface area contributed by atoms with Crippen LogP contribution in [0.4, 0.5) is 0 Å². The van der Waals surface area contributed by atoms with Gasteiger partial charge in [-0.3, -0.25) is 0 Å². The average Bonchev–Trinajstić information content (AvgIpc) is 2.66. The molecule has 0 fully saturated rings. The molecule has 1 aromatic carbocycles. The van der Waals surface area contributed by atoms with E-state index in [1.807, 2.05) is 36.4 Å². The van der Waals surface area contributed by atoms with Crippen LogP contribution in [0.3, 0.4) is 0 Å². The molecule has 0 unspecified atom stereocenters. The Morgan fingerprint density at radius 2 is 1.82 bits per heavy atom. The van der Waals surface area contributed by atoms with Gasteiger partial charge in [-0.15, -0.1) is 11.3 Å². The second kappa shape index (κ2) is 6.57. The number of halogens is 1. The molecule has 0 aliphatic carbocycles. The van der Waals surface area contributed by atoms with Gasteiger partial charge in [0.25, 0.3) is 0 Å². The van der Waals surface area contributed by atoms with Gasteiger partial charge in [-0.1, -0.05) is 23.7 Å². The van der Waals surface area contributed by atoms with E-state index in [2.05, 4.69) is 0 Å². The van der Waals surface area contributed by atoms with Crippen molar-refractivity contribution in [1.29, 1.82) is 0 Å². The largest absolute Gasteiger partial charge is 1.00 e. The second-order valence-electron chi connectivity index (χ2n) is 3.32. The summed E-state index contributed by atoms with van der Waals surface area (Å²) in [5.41, 5.74) is 1.04. The van der Waals surface area contributed by atoms with Crippen molar-refractivity contribution in [1.82, 2.24) is 0 Å². The van der Waals surface area contributed by atoms with Gasteiger partial charge in [0.2, 0.25) is 0 Å². The van der Waals surface area contributed by atoms with Gasteiger partial charge in [0.15, 0.2) is 0 Å². The van der Waals surface area contributed by atoms with Crippen molar-refractivity contribution >= 4 is 28.9 Å². The zero-order valence-electron chi connectivity index (χ0n) is 9.27. The Labute approximate surface area is 131 Å². The molecule has 0 amide bonds. The number of carboxylic acid groups (broad SMARTS) is 1. The Morgan fingerprint density at radius 3 is 2.41 bits per heavy atom. The number of rotatable bonds is 3. The van der Waals surface area contributed by atoms with E-state index in [-0.39, 0.29) is 36.0 Å². The van der Waals surface area contributed by atoms with E-state index in [1.165, 1.54) is 11.3 Å². The molecule has 82 valence electrons. The molecular weight excluding hydrogens is 267 g/mol. The van der Waals surface area contributed by atoms with Gasteiger partial charge in [-0.05, 0) is 29.8 Å². The minimum Gasteiger partial charge on any atom is -0.550 e. The normalized spacial score (nSPS) is 9.71. The molecule has 1 aromatic heterocycles. The Hall–Kier alpha value is -0.320. The summed E-state index contributed by atoms with van der Waals surface area (Å²) in [6, 6.07) is 11.2. The van der Waals surface area contributed by atoms with E-state index < -0.39 is 5.97 Å². The van der Waals surface area contributed by atoms with Crippen molar-refractivity contribution in [2.75, 3.05) is 0 Å². The summed E-state index contributed by atoms with van der Waals surface area (Å²) in [6.45, 7) is 0. The van der Waals surface area contributed by atoms with E-state index in [0.717, 1.165) is 15.3 Å². The van der Waals surface area contributed by atoms with E-state index in [9.17, 15) is 9.90 Å². The van der Waals surface area contributed by atoms with E-state index >= 15 is 0 Å². The molecule has 1 heterocycles. The minimum atomic E-state index is -1.05. The maximum absolute atomic E-state index is 10.4. The number of carboxylic acids is 1. The molecule has 2 aromatic rings. The molecule has 0 radical (unpaired) electrons. The van der Waals surface area contributed by atoms with Crippen LogP contribution < -0.4 is 34.7 Å². The topological polar surface area (TPSA) is 40.1 Å². The maximum atomic E-state index is 10.4. The minimum absolute atomic E-state index is 0. The standard InChI is InChI=1S/C12H9ClO2S.Na/c13-9-3-1-8(2-4-9)11-6-5-10(16-11)7-12(14)15;/h1-6H,7H2,(H,14,15);/q;+1/p-1. The van der Waals surface area contributed by atoms with Gasteiger partial charge in [-0.25, -0.2) is 0 Å². The third kappa shape index (κ3) is 4.12. The fourth-order valence-corrected chi connectivity index (χ4v) is 2.51. The SMILES string of the molecule is O=C([O-])Cc1ccc(-c2ccc(Cl)cc2)s1.[Na+]. The van der Waals surface area contributed by atoms with Gasteiger partial charge in [-0.2, -0.15) is 0 Å². The summed E-state index contributed by atoms with van der Waals surface area (Å²) < 4.78 is 0. The number of thiophene rings is 1. The zero-order valence-corrected chi connectivity index (χ0v) is 12.8. The number of aliphatic carboxylic acids is 1. The molecule has 17 heavy (non-hydrogen) atoms. The first kappa shape index (κ1) is 14.7. The molecule has 0 bridgehead atoms. The zero-order chi connectivity index (χ0) is 11.5. The van der Waals surface area contributed by atoms with Crippen molar-refractivity contribution in [3.63, 3.8) is 0 Å². The van der Waals surface area contributed by atoms with Crippen molar-refractivity contribution in [2.45, 2.75) is 6.42 Å². The fourth-order valence-electron chi connectivity index (χ4n) is 1.38. The summed E-state index contributed by atoms with van der Waals surface area (Å²) >= 11 is 7.25. The first-order chi connectivity index (χ1) is 7.65. The molecule has 5 heteroatoms. The van der Waals surface area contributed by atoms with Crippen molar-refractivity contribution in [3.8, 4) is 10.4 Å². The van der Waals surface area contributed by atoms with Crippen LogP contribution in [0.15, 0.2) is 36.4 Å². The molecule has 2 nitrogen and oxygen atoms in total. The van der Waals surface area contributed by atoms with Crippen LogP contribution in [0.25, 0.3) is 10.4 Å². The second-order valence-corrected chi connectivity index (χ2v) is 4.93. The summed E-state index contributed by atoms with van der Waals surface area (Å²) in [5, 5.41) is 11.1. The molecule has 0 aliphatic rings. The number of carbonyl (C=O) groups is 1. The van der Waals surface area contributed by atoms with Crippen molar-refractivity contribution in [2.24, 2.45) is 0 Å². The van der Waals surface area contributed by atoms with Crippen LogP contribution in [0, 0.1) is 0 Å². The molecule has 0 aliphatic heterocycles. The molecule has 0 spiro atoms. The van der Waals surface area contributed by atoms with Crippen LogP contribution in [-0.2, 0) is 11.2 Å². The Kier molecular flexibility index (Phi) is 5.70. The third-order valence-electron chi connectivity index (χ3n) is 2.11. The molecular formula is C12H8ClNaO2S. The summed E-state index contributed by atoms with van der Waals surface area (Å²) in [6.07, 6.45) is -0.0295. The summed E-state index contributed by atoms with van der Waals surface area (Å²) in [5.74, 6) is -1.05. The predicted molar refractivity (Wildman–Crippen MR) is 63.5 cm³/mol. The van der Waals surface area contributed by atoms with Crippen LogP contribution >= 0.6 is 22.9 Å². The fraction of sp³-hybridized carbons (Fsp3) is 0.0833. The Morgan fingerprint density at radius 1 is 1.18 bits per heavy atom. The van der Waals surface area contributed by atoms with Crippen molar-refractivity contribution < 1.29 is 39.5 Å². The molecule has 2 rings (SSSR count). The molecule has 0 N–H and O–H groups in total. The summed E-state index contributed by atoms with van der Waals surface area (Å²) in [7, 11) is 0. The Balaban J connectivity index is 0.00000144. The molecule has 0 atom stereocenters. The predicted octanol–water partition coefficient (Wildman–Crippen LogP) is -0.635. The first-order valence-corrected chi connectivity index (χ1v) is 5.89. The monoisotopic (exact) mass is 274 g/mol. The number of carbonyl (C=O) groups excluding carboxylic acids is 1. The molecule has 0 saturated carbocycles. The van der Waals surface area contributed by atoms with Crippen LogP contribution in [0.5, 0.6) is 0 Å². The maximum Gasteiger partial charge on any atom is 1.00 e. The number of hydrogen-bond donors (Lipinski definition) is 0. The van der Waals surface area contributed by atoms with E-state index in [4.69, 9.17) is 11.6 Å². The van der Waals surface area contributed by atoms with Crippen LogP contribution in [-0.4, -0.2) is 5.97 Å². The third-order valence-corrected chi connectivity index (χ3v) is 3.50. The average molecular weight is 275 g/mol. The van der Waals surface area contributed by atoms with Gasteiger partial charge >= 0.3 is 29.6 Å². The van der Waals surface area contributed by atoms with Gasteiger partial charge in [0, 0.05) is 27.2 Å².